The molecular formula is C19H26FN3O2. The van der Waals surface area contributed by atoms with Crippen LogP contribution in [0.2, 0.25) is 0 Å². The van der Waals surface area contributed by atoms with Crippen LogP contribution in [0, 0.1) is 6.92 Å². The Hall–Kier alpha value is -2.11. The first kappa shape index (κ1) is 17.7. The molecule has 1 aromatic carbocycles. The van der Waals surface area contributed by atoms with E-state index in [1.807, 2.05) is 12.1 Å². The van der Waals surface area contributed by atoms with E-state index in [4.69, 9.17) is 9.73 Å². The zero-order valence-electron chi connectivity index (χ0n) is 15.3. The molecule has 0 spiro atoms. The van der Waals surface area contributed by atoms with Crippen LogP contribution in [0.4, 0.5) is 14.9 Å². The maximum absolute atomic E-state index is 14.3. The number of piperidine rings is 1. The third kappa shape index (κ3) is 4.30. The predicted molar refractivity (Wildman–Crippen MR) is 96.2 cm³/mol. The summed E-state index contributed by atoms with van der Waals surface area (Å²) in [5.41, 5.74) is 2.80. The molecular weight excluding hydrogens is 321 g/mol. The lowest BCUT2D eigenvalue weighted by molar-refractivity contribution is 0.0431. The summed E-state index contributed by atoms with van der Waals surface area (Å²) in [4.78, 5) is 18.7. The normalized spacial score (nSPS) is 23.1. The number of amides is 1. The summed E-state index contributed by atoms with van der Waals surface area (Å²) in [5, 5.41) is 2.68. The van der Waals surface area contributed by atoms with Crippen LogP contribution in [0.1, 0.15) is 38.3 Å². The van der Waals surface area contributed by atoms with Gasteiger partial charge >= 0.3 is 6.09 Å². The number of alkyl carbamates (subject to hydrolysis) is 1. The van der Waals surface area contributed by atoms with Crippen molar-refractivity contribution in [3.05, 3.63) is 29.3 Å². The van der Waals surface area contributed by atoms with Gasteiger partial charge in [0.05, 0.1) is 11.7 Å². The first-order chi connectivity index (χ1) is 11.7. The quantitative estimate of drug-likeness (QED) is 0.846. The molecule has 6 heteroatoms. The Bertz CT molecular complexity index is 696. The fourth-order valence-corrected chi connectivity index (χ4v) is 3.25. The summed E-state index contributed by atoms with van der Waals surface area (Å²) in [6.45, 7) is 8.46. The van der Waals surface area contributed by atoms with Crippen LogP contribution in [0.3, 0.4) is 0 Å². The number of likely N-dealkylation sites (tertiary alicyclic amines) is 1. The lowest BCUT2D eigenvalue weighted by atomic mass is 10.0. The van der Waals surface area contributed by atoms with E-state index >= 15 is 0 Å². The second-order valence-corrected chi connectivity index (χ2v) is 7.84. The molecule has 1 saturated heterocycles. The van der Waals surface area contributed by atoms with E-state index < -0.39 is 23.9 Å². The maximum Gasteiger partial charge on any atom is 0.408 e. The topological polar surface area (TPSA) is 53.9 Å². The van der Waals surface area contributed by atoms with E-state index in [1.54, 1.807) is 20.8 Å². The number of fused-ring (bicyclic) bond motifs is 1. The van der Waals surface area contributed by atoms with Gasteiger partial charge in [-0.3, -0.25) is 0 Å². The van der Waals surface area contributed by atoms with Crippen molar-refractivity contribution in [3.8, 4) is 0 Å². The van der Waals surface area contributed by atoms with E-state index in [0.29, 0.717) is 19.5 Å². The zero-order valence-corrected chi connectivity index (χ0v) is 15.3. The molecule has 25 heavy (non-hydrogen) atoms. The van der Waals surface area contributed by atoms with Gasteiger partial charge in [-0.15, -0.1) is 0 Å². The molecule has 5 nitrogen and oxygen atoms in total. The van der Waals surface area contributed by atoms with Crippen molar-refractivity contribution in [2.24, 2.45) is 4.99 Å². The molecule has 1 fully saturated rings. The van der Waals surface area contributed by atoms with Gasteiger partial charge in [-0.1, -0.05) is 17.7 Å². The Labute approximate surface area is 148 Å². The number of aliphatic imine (C=N–C) groups is 1. The molecule has 0 saturated carbocycles. The molecule has 2 aliphatic heterocycles. The van der Waals surface area contributed by atoms with Crippen molar-refractivity contribution >= 4 is 17.6 Å². The lowest BCUT2D eigenvalue weighted by Crippen LogP contribution is -2.55. The van der Waals surface area contributed by atoms with Crippen LogP contribution < -0.4 is 5.32 Å². The van der Waals surface area contributed by atoms with Crippen molar-refractivity contribution in [3.63, 3.8) is 0 Å². The van der Waals surface area contributed by atoms with Crippen LogP contribution >= 0.6 is 0 Å². The predicted octanol–water partition coefficient (Wildman–Crippen LogP) is 3.52. The minimum atomic E-state index is -1.07. The van der Waals surface area contributed by atoms with E-state index in [0.717, 1.165) is 17.9 Å². The molecule has 0 radical (unpaired) electrons. The largest absolute Gasteiger partial charge is 0.444 e. The van der Waals surface area contributed by atoms with Crippen molar-refractivity contribution in [1.82, 2.24) is 10.2 Å². The van der Waals surface area contributed by atoms with Crippen LogP contribution in [0.15, 0.2) is 23.2 Å². The molecule has 2 heterocycles. The van der Waals surface area contributed by atoms with Gasteiger partial charge in [0.1, 0.15) is 17.6 Å². The summed E-state index contributed by atoms with van der Waals surface area (Å²) in [6, 6.07) is 5.63. The molecule has 0 unspecified atom stereocenters. The summed E-state index contributed by atoms with van der Waals surface area (Å²) in [6.07, 6.45) is -0.521. The van der Waals surface area contributed by atoms with Gasteiger partial charge in [0, 0.05) is 19.5 Å². The zero-order chi connectivity index (χ0) is 18.2. The monoisotopic (exact) mass is 347 g/mol. The standard InChI is InChI=1S/C19H26FN3O2/c1-12-5-6-15-13(9-12)10-17(21-15)23-8-7-14(20)16(11-23)22-18(24)25-19(2,3)4/h5-6,9,14,16H,7-8,10-11H2,1-4H3,(H,22,24)/t14-,16+/m0/s1. The highest BCUT2D eigenvalue weighted by atomic mass is 19.1. The van der Waals surface area contributed by atoms with Gasteiger partial charge in [-0.05, 0) is 45.7 Å². The highest BCUT2D eigenvalue weighted by Crippen LogP contribution is 2.29. The number of nitrogens with one attached hydrogen (secondary N) is 1. The van der Waals surface area contributed by atoms with E-state index in [-0.39, 0.29) is 0 Å². The lowest BCUT2D eigenvalue weighted by Gasteiger charge is -2.36. The second kappa shape index (κ2) is 6.65. The number of aryl methyl sites for hydroxylation is 1. The van der Waals surface area contributed by atoms with Gasteiger partial charge in [0.2, 0.25) is 0 Å². The minimum absolute atomic E-state index is 0.370. The van der Waals surface area contributed by atoms with Crippen molar-refractivity contribution in [2.45, 2.75) is 58.4 Å². The Kier molecular flexibility index (Phi) is 4.71. The molecule has 0 aromatic heterocycles. The number of rotatable bonds is 1. The number of amidine groups is 1. The van der Waals surface area contributed by atoms with Gasteiger partial charge in [-0.25, -0.2) is 14.2 Å². The number of benzene rings is 1. The molecule has 2 aliphatic rings. The van der Waals surface area contributed by atoms with E-state index in [2.05, 4.69) is 23.2 Å². The minimum Gasteiger partial charge on any atom is -0.444 e. The summed E-state index contributed by atoms with van der Waals surface area (Å²) < 4.78 is 19.5. The third-order valence-corrected chi connectivity index (χ3v) is 4.43. The molecule has 1 aromatic rings. The van der Waals surface area contributed by atoms with Crippen molar-refractivity contribution in [1.29, 1.82) is 0 Å². The molecule has 3 rings (SSSR count). The Morgan fingerprint density at radius 1 is 1.40 bits per heavy atom. The molecule has 1 N–H and O–H groups in total. The Balaban J connectivity index is 1.64. The van der Waals surface area contributed by atoms with E-state index in [9.17, 15) is 9.18 Å². The van der Waals surface area contributed by atoms with Gasteiger partial charge < -0.3 is 15.0 Å². The van der Waals surface area contributed by atoms with Crippen LogP contribution in [0.5, 0.6) is 0 Å². The first-order valence-corrected chi connectivity index (χ1v) is 8.77. The van der Waals surface area contributed by atoms with Crippen LogP contribution in [-0.4, -0.2) is 47.7 Å². The smallest absolute Gasteiger partial charge is 0.408 e. The number of halogens is 1. The number of hydrogen-bond acceptors (Lipinski definition) is 4. The highest BCUT2D eigenvalue weighted by Gasteiger charge is 2.34. The summed E-state index contributed by atoms with van der Waals surface area (Å²) >= 11 is 0. The van der Waals surface area contributed by atoms with Gasteiger partial charge in [-0.2, -0.15) is 0 Å². The number of hydrogen-bond donors (Lipinski definition) is 1. The molecule has 2 atom stereocenters. The van der Waals surface area contributed by atoms with Gasteiger partial charge in [0.15, 0.2) is 0 Å². The van der Waals surface area contributed by atoms with Crippen molar-refractivity contribution < 1.29 is 13.9 Å². The summed E-state index contributed by atoms with van der Waals surface area (Å²) in [7, 11) is 0. The maximum atomic E-state index is 14.3. The van der Waals surface area contributed by atoms with E-state index in [1.165, 1.54) is 11.1 Å². The molecule has 136 valence electrons. The fourth-order valence-electron chi connectivity index (χ4n) is 3.25. The van der Waals surface area contributed by atoms with Gasteiger partial charge in [0.25, 0.3) is 0 Å². The SMILES string of the molecule is Cc1ccc2c(c1)CC(N1CC[C@H](F)[C@H](NC(=O)OC(C)(C)C)C1)=N2. The van der Waals surface area contributed by atoms with Crippen LogP contribution in [0.25, 0.3) is 0 Å². The fraction of sp³-hybridized carbons (Fsp3) is 0.579. The number of alkyl halides is 1. The number of nitrogens with zero attached hydrogens (tertiary/aromatic N) is 2. The second-order valence-electron chi connectivity index (χ2n) is 7.84. The number of carbonyl (C=O) groups is 1. The molecule has 0 aliphatic carbocycles. The third-order valence-electron chi connectivity index (χ3n) is 4.43. The average molecular weight is 347 g/mol. The van der Waals surface area contributed by atoms with Crippen LogP contribution in [-0.2, 0) is 11.2 Å². The Morgan fingerprint density at radius 3 is 2.88 bits per heavy atom. The molecule has 1 amide bonds. The van der Waals surface area contributed by atoms with Crippen molar-refractivity contribution in [2.75, 3.05) is 13.1 Å². The first-order valence-electron chi connectivity index (χ1n) is 8.77. The number of ether oxygens (including phenoxy) is 1. The number of carbonyl (C=O) groups excluding carboxylic acids is 1. The molecule has 0 bridgehead atoms. The Morgan fingerprint density at radius 2 is 2.16 bits per heavy atom. The highest BCUT2D eigenvalue weighted by molar-refractivity contribution is 5.92. The average Bonchev–Trinajstić information content (AvgIpc) is 2.90. The summed E-state index contributed by atoms with van der Waals surface area (Å²) in [5.74, 6) is 0.948.